The predicted octanol–water partition coefficient (Wildman–Crippen LogP) is 1.64. The number of benzene rings is 1. The maximum absolute atomic E-state index is 11.0. The number of carbonyl (C=O) groups excluding carboxylic acids is 1. The summed E-state index contributed by atoms with van der Waals surface area (Å²) >= 11 is 0. The van der Waals surface area contributed by atoms with Gasteiger partial charge in [0.1, 0.15) is 5.75 Å². The number of rotatable bonds is 3. The van der Waals surface area contributed by atoms with Crippen LogP contribution in [-0.2, 0) is 0 Å². The average Bonchev–Trinajstić information content (AvgIpc) is 2.92. The van der Waals surface area contributed by atoms with Crippen molar-refractivity contribution in [2.24, 2.45) is 5.73 Å². The second-order valence-electron chi connectivity index (χ2n) is 3.61. The molecular formula is C11H13NO2. The van der Waals surface area contributed by atoms with Crippen molar-refractivity contribution in [3.05, 3.63) is 29.3 Å². The molecule has 1 aliphatic carbocycles. The Balaban J connectivity index is 2.30. The van der Waals surface area contributed by atoms with Gasteiger partial charge in [-0.05, 0) is 31.9 Å². The predicted molar refractivity (Wildman–Crippen MR) is 53.3 cm³/mol. The number of hydrogen-bond donors (Lipinski definition) is 1. The molecule has 1 aromatic carbocycles. The maximum atomic E-state index is 11.0. The van der Waals surface area contributed by atoms with Crippen molar-refractivity contribution >= 4 is 5.91 Å². The molecule has 0 radical (unpaired) electrons. The van der Waals surface area contributed by atoms with Crippen LogP contribution in [0, 0.1) is 6.92 Å². The fraction of sp³-hybridized carbons (Fsp3) is 0.364. The summed E-state index contributed by atoms with van der Waals surface area (Å²) in [6.07, 6.45) is 2.57. The van der Waals surface area contributed by atoms with E-state index in [2.05, 4.69) is 0 Å². The summed E-state index contributed by atoms with van der Waals surface area (Å²) < 4.78 is 5.64. The first-order valence-corrected chi connectivity index (χ1v) is 4.74. The Morgan fingerprint density at radius 2 is 2.21 bits per heavy atom. The second-order valence-corrected chi connectivity index (χ2v) is 3.61. The third kappa shape index (κ3) is 1.71. The van der Waals surface area contributed by atoms with Gasteiger partial charge >= 0.3 is 0 Å². The van der Waals surface area contributed by atoms with Crippen LogP contribution in [0.25, 0.3) is 0 Å². The van der Waals surface area contributed by atoms with Crippen molar-refractivity contribution in [1.29, 1.82) is 0 Å². The lowest BCUT2D eigenvalue weighted by atomic mass is 10.1. The molecule has 0 atom stereocenters. The molecule has 0 unspecified atom stereocenters. The van der Waals surface area contributed by atoms with E-state index in [9.17, 15) is 4.79 Å². The van der Waals surface area contributed by atoms with Crippen LogP contribution in [0.5, 0.6) is 5.75 Å². The molecule has 74 valence electrons. The van der Waals surface area contributed by atoms with E-state index in [1.165, 1.54) is 0 Å². The fourth-order valence-corrected chi connectivity index (χ4v) is 1.37. The Morgan fingerprint density at radius 1 is 1.50 bits per heavy atom. The van der Waals surface area contributed by atoms with E-state index in [1.54, 1.807) is 12.1 Å². The van der Waals surface area contributed by atoms with Crippen molar-refractivity contribution in [1.82, 2.24) is 0 Å². The quantitative estimate of drug-likeness (QED) is 0.789. The minimum Gasteiger partial charge on any atom is -0.490 e. The first-order valence-electron chi connectivity index (χ1n) is 4.74. The van der Waals surface area contributed by atoms with Crippen molar-refractivity contribution in [2.45, 2.75) is 25.9 Å². The van der Waals surface area contributed by atoms with Crippen LogP contribution in [0.3, 0.4) is 0 Å². The SMILES string of the molecule is Cc1c(OC2CC2)cccc1C(N)=O. The molecule has 0 saturated heterocycles. The number of amides is 1. The van der Waals surface area contributed by atoms with Gasteiger partial charge in [-0.1, -0.05) is 6.07 Å². The highest BCUT2D eigenvalue weighted by atomic mass is 16.5. The van der Waals surface area contributed by atoms with Crippen molar-refractivity contribution < 1.29 is 9.53 Å². The first-order chi connectivity index (χ1) is 6.68. The number of ether oxygens (including phenoxy) is 1. The third-order valence-corrected chi connectivity index (χ3v) is 2.37. The molecule has 0 bridgehead atoms. The highest BCUT2D eigenvalue weighted by Gasteiger charge is 2.24. The van der Waals surface area contributed by atoms with Gasteiger partial charge in [0, 0.05) is 11.1 Å². The number of hydrogen-bond acceptors (Lipinski definition) is 2. The molecule has 3 nitrogen and oxygen atoms in total. The molecule has 1 aromatic rings. The van der Waals surface area contributed by atoms with E-state index in [-0.39, 0.29) is 0 Å². The van der Waals surface area contributed by atoms with E-state index < -0.39 is 5.91 Å². The van der Waals surface area contributed by atoms with Crippen LogP contribution < -0.4 is 10.5 Å². The Hall–Kier alpha value is -1.51. The lowest BCUT2D eigenvalue weighted by molar-refractivity contribution is 0.0999. The Bertz CT molecular complexity index is 370. The molecule has 0 aromatic heterocycles. The molecule has 0 heterocycles. The van der Waals surface area contributed by atoms with Crippen LogP contribution in [0.4, 0.5) is 0 Å². The lowest BCUT2D eigenvalue weighted by Crippen LogP contribution is -2.13. The lowest BCUT2D eigenvalue weighted by Gasteiger charge is -2.09. The summed E-state index contributed by atoms with van der Waals surface area (Å²) in [4.78, 5) is 11.0. The van der Waals surface area contributed by atoms with Gasteiger partial charge in [0.25, 0.3) is 0 Å². The zero-order chi connectivity index (χ0) is 10.1. The van der Waals surface area contributed by atoms with Crippen LogP contribution in [0.2, 0.25) is 0 Å². The number of primary amides is 1. The largest absolute Gasteiger partial charge is 0.490 e. The highest BCUT2D eigenvalue weighted by molar-refractivity contribution is 5.94. The standard InChI is InChI=1S/C11H13NO2/c1-7-9(11(12)13)3-2-4-10(7)14-8-5-6-8/h2-4,8H,5-6H2,1H3,(H2,12,13). The van der Waals surface area contributed by atoms with Gasteiger partial charge in [-0.25, -0.2) is 0 Å². The Labute approximate surface area is 82.9 Å². The molecule has 2 N–H and O–H groups in total. The molecular weight excluding hydrogens is 178 g/mol. The molecule has 14 heavy (non-hydrogen) atoms. The molecule has 1 amide bonds. The summed E-state index contributed by atoms with van der Waals surface area (Å²) in [7, 11) is 0. The zero-order valence-corrected chi connectivity index (χ0v) is 8.12. The van der Waals surface area contributed by atoms with Crippen LogP contribution in [0.1, 0.15) is 28.8 Å². The minimum absolute atomic E-state index is 0.344. The monoisotopic (exact) mass is 191 g/mol. The normalized spacial score (nSPS) is 15.2. The summed E-state index contributed by atoms with van der Waals surface area (Å²) in [6, 6.07) is 5.39. The van der Waals surface area contributed by atoms with E-state index in [0.717, 1.165) is 24.2 Å². The van der Waals surface area contributed by atoms with E-state index >= 15 is 0 Å². The van der Waals surface area contributed by atoms with Gasteiger partial charge in [0.2, 0.25) is 5.91 Å². The van der Waals surface area contributed by atoms with Crippen LogP contribution in [0.15, 0.2) is 18.2 Å². The van der Waals surface area contributed by atoms with Crippen molar-refractivity contribution in [3.63, 3.8) is 0 Å². The van der Waals surface area contributed by atoms with Gasteiger partial charge in [0.15, 0.2) is 0 Å². The van der Waals surface area contributed by atoms with Crippen LogP contribution >= 0.6 is 0 Å². The van der Waals surface area contributed by atoms with E-state index in [4.69, 9.17) is 10.5 Å². The molecule has 1 fully saturated rings. The molecule has 1 aliphatic rings. The smallest absolute Gasteiger partial charge is 0.249 e. The van der Waals surface area contributed by atoms with Crippen LogP contribution in [-0.4, -0.2) is 12.0 Å². The Morgan fingerprint density at radius 3 is 2.79 bits per heavy atom. The third-order valence-electron chi connectivity index (χ3n) is 2.37. The Kier molecular flexibility index (Phi) is 2.15. The van der Waals surface area contributed by atoms with Crippen molar-refractivity contribution in [2.75, 3.05) is 0 Å². The highest BCUT2D eigenvalue weighted by Crippen LogP contribution is 2.29. The average molecular weight is 191 g/mol. The first kappa shape index (κ1) is 9.06. The van der Waals surface area contributed by atoms with Gasteiger partial charge in [-0.2, -0.15) is 0 Å². The molecule has 1 saturated carbocycles. The van der Waals surface area contributed by atoms with Gasteiger partial charge in [-0.3, -0.25) is 4.79 Å². The summed E-state index contributed by atoms with van der Waals surface area (Å²) in [5, 5.41) is 0. The van der Waals surface area contributed by atoms with Gasteiger partial charge in [-0.15, -0.1) is 0 Å². The summed E-state index contributed by atoms with van der Waals surface area (Å²) in [5.74, 6) is 0.382. The van der Waals surface area contributed by atoms with Crippen molar-refractivity contribution in [3.8, 4) is 5.75 Å². The molecule has 0 spiro atoms. The fourth-order valence-electron chi connectivity index (χ4n) is 1.37. The minimum atomic E-state index is -0.399. The molecule has 0 aliphatic heterocycles. The molecule has 2 rings (SSSR count). The topological polar surface area (TPSA) is 52.3 Å². The summed E-state index contributed by atoms with van der Waals surface area (Å²) in [6.45, 7) is 1.86. The maximum Gasteiger partial charge on any atom is 0.249 e. The number of carbonyl (C=O) groups is 1. The van der Waals surface area contributed by atoms with Gasteiger partial charge < -0.3 is 10.5 Å². The van der Waals surface area contributed by atoms with Gasteiger partial charge in [0.05, 0.1) is 6.10 Å². The summed E-state index contributed by atoms with van der Waals surface area (Å²) in [5.41, 5.74) is 6.62. The number of nitrogens with two attached hydrogens (primary N) is 1. The zero-order valence-electron chi connectivity index (χ0n) is 8.12. The van der Waals surface area contributed by atoms with E-state index in [0.29, 0.717) is 11.7 Å². The molecule has 3 heteroatoms. The second kappa shape index (κ2) is 3.33. The van der Waals surface area contributed by atoms with E-state index in [1.807, 2.05) is 13.0 Å².